The van der Waals surface area contributed by atoms with Crippen molar-refractivity contribution >= 4 is 11.8 Å². The van der Waals surface area contributed by atoms with Crippen LogP contribution in [0.15, 0.2) is 0 Å². The number of hydrogen-bond donors (Lipinski definition) is 2. The Morgan fingerprint density at radius 3 is 2.80 bits per heavy atom. The molecule has 0 radical (unpaired) electrons. The number of methoxy groups -OCH3 is 1. The molecule has 0 saturated carbocycles. The van der Waals surface area contributed by atoms with Gasteiger partial charge in [-0.3, -0.25) is 9.59 Å². The van der Waals surface area contributed by atoms with Crippen LogP contribution in [0.5, 0.6) is 0 Å². The highest BCUT2D eigenvalue weighted by atomic mass is 16.5. The highest BCUT2D eigenvalue weighted by molar-refractivity contribution is 5.81. The Morgan fingerprint density at radius 1 is 1.50 bits per heavy atom. The fourth-order valence-electron chi connectivity index (χ4n) is 2.43. The molecule has 6 nitrogen and oxygen atoms in total. The van der Waals surface area contributed by atoms with Crippen molar-refractivity contribution in [3.8, 4) is 0 Å². The second-order valence-corrected chi connectivity index (χ2v) is 5.68. The van der Waals surface area contributed by atoms with Gasteiger partial charge < -0.3 is 20.1 Å². The van der Waals surface area contributed by atoms with Gasteiger partial charge in [0.2, 0.25) is 11.8 Å². The van der Waals surface area contributed by atoms with Crippen LogP contribution in [0.25, 0.3) is 0 Å². The number of aliphatic hydroxyl groups is 1. The van der Waals surface area contributed by atoms with Crippen molar-refractivity contribution in [2.24, 2.45) is 5.92 Å². The van der Waals surface area contributed by atoms with E-state index in [-0.39, 0.29) is 30.9 Å². The monoisotopic (exact) mass is 286 g/mol. The molecule has 2 atom stereocenters. The van der Waals surface area contributed by atoms with E-state index >= 15 is 0 Å². The number of carbonyl (C=O) groups excluding carboxylic acids is 2. The Labute approximate surface area is 120 Å². The van der Waals surface area contributed by atoms with E-state index < -0.39 is 5.60 Å². The van der Waals surface area contributed by atoms with Gasteiger partial charge in [0.1, 0.15) is 5.60 Å². The minimum absolute atomic E-state index is 0.0916. The molecule has 0 bridgehead atoms. The van der Waals surface area contributed by atoms with Crippen LogP contribution in [-0.4, -0.2) is 60.8 Å². The fourth-order valence-corrected chi connectivity index (χ4v) is 2.43. The first kappa shape index (κ1) is 16.9. The molecule has 20 heavy (non-hydrogen) atoms. The van der Waals surface area contributed by atoms with Crippen LogP contribution in [0.3, 0.4) is 0 Å². The lowest BCUT2D eigenvalue weighted by Crippen LogP contribution is -2.49. The van der Waals surface area contributed by atoms with Crippen molar-refractivity contribution in [1.82, 2.24) is 10.2 Å². The third-order valence-corrected chi connectivity index (χ3v) is 3.55. The first-order valence-corrected chi connectivity index (χ1v) is 7.16. The minimum atomic E-state index is -1.07. The van der Waals surface area contributed by atoms with Gasteiger partial charge in [-0.2, -0.15) is 0 Å². The second kappa shape index (κ2) is 7.59. The van der Waals surface area contributed by atoms with Crippen molar-refractivity contribution in [2.75, 3.05) is 33.4 Å². The zero-order chi connectivity index (χ0) is 15.2. The summed E-state index contributed by atoms with van der Waals surface area (Å²) in [6, 6.07) is 0. The van der Waals surface area contributed by atoms with Gasteiger partial charge in [-0.05, 0) is 19.8 Å². The molecule has 1 saturated heterocycles. The summed E-state index contributed by atoms with van der Waals surface area (Å²) in [6.07, 6.45) is 2.10. The van der Waals surface area contributed by atoms with Crippen LogP contribution in [0.2, 0.25) is 0 Å². The van der Waals surface area contributed by atoms with E-state index in [1.807, 2.05) is 6.92 Å². The Hall–Kier alpha value is -1.14. The summed E-state index contributed by atoms with van der Waals surface area (Å²) in [5.74, 6) is -0.193. The van der Waals surface area contributed by atoms with Gasteiger partial charge >= 0.3 is 0 Å². The standard InChI is InChI=1S/C14H26N2O4/c1-4-12(17)16-7-5-6-11(8-16)13(18)15-9-14(2,19)10-20-3/h11,19H,4-10H2,1-3H3,(H,15,18)/t11-,14+/m0/s1. The van der Waals surface area contributed by atoms with E-state index in [4.69, 9.17) is 4.74 Å². The van der Waals surface area contributed by atoms with Gasteiger partial charge in [-0.1, -0.05) is 6.92 Å². The van der Waals surface area contributed by atoms with Crippen LogP contribution in [0, 0.1) is 5.92 Å². The summed E-state index contributed by atoms with van der Waals surface area (Å²) in [6.45, 7) is 4.97. The molecule has 0 aromatic rings. The third kappa shape index (κ3) is 5.09. The van der Waals surface area contributed by atoms with Crippen molar-refractivity contribution in [1.29, 1.82) is 0 Å². The smallest absolute Gasteiger partial charge is 0.225 e. The van der Waals surface area contributed by atoms with Crippen molar-refractivity contribution < 1.29 is 19.4 Å². The number of ether oxygens (including phenoxy) is 1. The van der Waals surface area contributed by atoms with Crippen molar-refractivity contribution in [3.05, 3.63) is 0 Å². The van der Waals surface area contributed by atoms with Crippen LogP contribution >= 0.6 is 0 Å². The maximum Gasteiger partial charge on any atom is 0.225 e. The average molecular weight is 286 g/mol. The number of amides is 2. The lowest BCUT2D eigenvalue weighted by Gasteiger charge is -2.32. The molecule has 1 fully saturated rings. The highest BCUT2D eigenvalue weighted by Crippen LogP contribution is 2.17. The molecule has 0 aromatic heterocycles. The van der Waals surface area contributed by atoms with E-state index in [1.165, 1.54) is 7.11 Å². The molecule has 116 valence electrons. The van der Waals surface area contributed by atoms with E-state index in [0.717, 1.165) is 19.4 Å². The van der Waals surface area contributed by atoms with Crippen LogP contribution in [0.4, 0.5) is 0 Å². The molecule has 0 aromatic carbocycles. The number of nitrogens with zero attached hydrogens (tertiary/aromatic N) is 1. The Balaban J connectivity index is 2.45. The SMILES string of the molecule is CCC(=O)N1CCC[C@H](C(=O)NC[C@@](C)(O)COC)C1. The first-order valence-electron chi connectivity index (χ1n) is 7.16. The van der Waals surface area contributed by atoms with E-state index in [0.29, 0.717) is 13.0 Å². The van der Waals surface area contributed by atoms with Gasteiger partial charge in [-0.15, -0.1) is 0 Å². The zero-order valence-corrected chi connectivity index (χ0v) is 12.6. The normalized spacial score (nSPS) is 22.2. The van der Waals surface area contributed by atoms with Crippen LogP contribution in [-0.2, 0) is 14.3 Å². The summed E-state index contributed by atoms with van der Waals surface area (Å²) in [7, 11) is 1.51. The van der Waals surface area contributed by atoms with E-state index in [1.54, 1.807) is 11.8 Å². The minimum Gasteiger partial charge on any atom is -0.386 e. The molecular weight excluding hydrogens is 260 g/mol. The maximum atomic E-state index is 12.1. The number of likely N-dealkylation sites (tertiary alicyclic amines) is 1. The summed E-state index contributed by atoms with van der Waals surface area (Å²) in [5.41, 5.74) is -1.07. The van der Waals surface area contributed by atoms with E-state index in [2.05, 4.69) is 5.32 Å². The van der Waals surface area contributed by atoms with Gasteiger partial charge in [0.15, 0.2) is 0 Å². The molecule has 1 heterocycles. The predicted octanol–water partition coefficient (Wildman–Crippen LogP) is 0.149. The number of hydrogen-bond acceptors (Lipinski definition) is 4. The van der Waals surface area contributed by atoms with Gasteiger partial charge in [-0.25, -0.2) is 0 Å². The maximum absolute atomic E-state index is 12.1. The molecule has 2 N–H and O–H groups in total. The summed E-state index contributed by atoms with van der Waals surface area (Å²) >= 11 is 0. The fraction of sp³-hybridized carbons (Fsp3) is 0.857. The topological polar surface area (TPSA) is 78.9 Å². The lowest BCUT2D eigenvalue weighted by atomic mass is 9.96. The molecule has 1 aliphatic rings. The van der Waals surface area contributed by atoms with Gasteiger partial charge in [0.25, 0.3) is 0 Å². The number of rotatable bonds is 6. The lowest BCUT2D eigenvalue weighted by molar-refractivity contribution is -0.136. The number of nitrogens with one attached hydrogen (secondary N) is 1. The molecule has 6 heteroatoms. The van der Waals surface area contributed by atoms with Crippen LogP contribution in [0.1, 0.15) is 33.1 Å². The third-order valence-electron chi connectivity index (χ3n) is 3.55. The summed E-state index contributed by atoms with van der Waals surface area (Å²) < 4.78 is 4.89. The zero-order valence-electron chi connectivity index (χ0n) is 12.6. The molecule has 1 aliphatic heterocycles. The van der Waals surface area contributed by atoms with Crippen molar-refractivity contribution in [3.63, 3.8) is 0 Å². The van der Waals surface area contributed by atoms with Gasteiger partial charge in [0, 0.05) is 33.2 Å². The average Bonchev–Trinajstić information content (AvgIpc) is 2.44. The van der Waals surface area contributed by atoms with Gasteiger partial charge in [0.05, 0.1) is 12.5 Å². The number of piperidine rings is 1. The summed E-state index contributed by atoms with van der Waals surface area (Å²) in [4.78, 5) is 25.5. The molecule has 2 amide bonds. The molecule has 1 rings (SSSR count). The second-order valence-electron chi connectivity index (χ2n) is 5.68. The quantitative estimate of drug-likeness (QED) is 0.728. The highest BCUT2D eigenvalue weighted by Gasteiger charge is 2.29. The molecule has 0 aliphatic carbocycles. The van der Waals surface area contributed by atoms with Crippen molar-refractivity contribution in [2.45, 2.75) is 38.7 Å². The number of carbonyl (C=O) groups is 2. The predicted molar refractivity (Wildman–Crippen MR) is 75.1 cm³/mol. The molecule has 0 unspecified atom stereocenters. The Morgan fingerprint density at radius 2 is 2.20 bits per heavy atom. The summed E-state index contributed by atoms with van der Waals surface area (Å²) in [5, 5.41) is 12.7. The largest absolute Gasteiger partial charge is 0.386 e. The molecular formula is C14H26N2O4. The first-order chi connectivity index (χ1) is 9.39. The molecule has 0 spiro atoms. The van der Waals surface area contributed by atoms with E-state index in [9.17, 15) is 14.7 Å². The Kier molecular flexibility index (Phi) is 6.42. The Bertz CT molecular complexity index is 344. The van der Waals surface area contributed by atoms with Crippen LogP contribution < -0.4 is 5.32 Å².